The van der Waals surface area contributed by atoms with E-state index in [1.54, 1.807) is 6.07 Å². The number of nitrogens with one attached hydrogen (secondary N) is 1. The van der Waals surface area contributed by atoms with Gasteiger partial charge in [0.2, 0.25) is 0 Å². The monoisotopic (exact) mass is 336 g/mol. The van der Waals surface area contributed by atoms with Gasteiger partial charge in [-0.05, 0) is 28.1 Å². The van der Waals surface area contributed by atoms with Crippen molar-refractivity contribution in [2.45, 2.75) is 12.5 Å². The Morgan fingerprint density at radius 2 is 2.10 bits per heavy atom. The molecule has 0 saturated carbocycles. The Balaban J connectivity index is 1.91. The van der Waals surface area contributed by atoms with Crippen molar-refractivity contribution in [2.24, 2.45) is 0 Å². The Morgan fingerprint density at radius 1 is 1.30 bits per heavy atom. The molecular formula is C15H14BrFN2O. The zero-order chi connectivity index (χ0) is 14.1. The van der Waals surface area contributed by atoms with E-state index in [1.807, 2.05) is 24.3 Å². The van der Waals surface area contributed by atoms with E-state index in [4.69, 9.17) is 10.5 Å². The average Bonchev–Trinajstić information content (AvgIpc) is 2.45. The summed E-state index contributed by atoms with van der Waals surface area (Å²) >= 11 is 3.18. The summed E-state index contributed by atoms with van der Waals surface area (Å²) in [6.07, 6.45) is 0.839. The van der Waals surface area contributed by atoms with Gasteiger partial charge in [0.25, 0.3) is 0 Å². The standard InChI is InChI=1S/C15H14BrFN2O/c16-10-7-14(12(18)8-11(10)17)19-13-5-6-20-15-4-2-1-3-9(13)15/h1-4,7-8,13,19H,5-6,18H2. The predicted octanol–water partition coefficient (Wildman–Crippen LogP) is 4.11. The number of fused-ring (bicyclic) bond motifs is 1. The van der Waals surface area contributed by atoms with Crippen molar-refractivity contribution in [3.05, 3.63) is 52.3 Å². The number of hydrogen-bond donors (Lipinski definition) is 2. The van der Waals surface area contributed by atoms with Gasteiger partial charge in [-0.1, -0.05) is 18.2 Å². The normalized spacial score (nSPS) is 17.2. The van der Waals surface area contributed by atoms with Gasteiger partial charge in [-0.15, -0.1) is 0 Å². The second-order valence-electron chi connectivity index (χ2n) is 4.73. The lowest BCUT2D eigenvalue weighted by atomic mass is 10.00. The summed E-state index contributed by atoms with van der Waals surface area (Å²) < 4.78 is 19.4. The molecular weight excluding hydrogens is 323 g/mol. The molecule has 0 radical (unpaired) electrons. The van der Waals surface area contributed by atoms with Crippen molar-refractivity contribution >= 4 is 27.3 Å². The summed E-state index contributed by atoms with van der Waals surface area (Å²) in [5, 5.41) is 3.37. The fourth-order valence-electron chi connectivity index (χ4n) is 2.37. The van der Waals surface area contributed by atoms with Crippen LogP contribution in [0.1, 0.15) is 18.0 Å². The van der Waals surface area contributed by atoms with Crippen LogP contribution in [0.3, 0.4) is 0 Å². The number of anilines is 2. The van der Waals surface area contributed by atoms with Gasteiger partial charge in [0.05, 0.1) is 28.5 Å². The summed E-state index contributed by atoms with van der Waals surface area (Å²) in [4.78, 5) is 0. The number of ether oxygens (including phenoxy) is 1. The van der Waals surface area contributed by atoms with E-state index in [0.29, 0.717) is 16.8 Å². The second-order valence-corrected chi connectivity index (χ2v) is 5.58. The van der Waals surface area contributed by atoms with E-state index in [1.165, 1.54) is 6.07 Å². The fourth-order valence-corrected chi connectivity index (χ4v) is 2.71. The van der Waals surface area contributed by atoms with E-state index in [2.05, 4.69) is 21.2 Å². The maximum Gasteiger partial charge on any atom is 0.139 e. The van der Waals surface area contributed by atoms with Gasteiger partial charge in [-0.25, -0.2) is 4.39 Å². The van der Waals surface area contributed by atoms with Crippen LogP contribution in [0.2, 0.25) is 0 Å². The molecule has 1 unspecified atom stereocenters. The Morgan fingerprint density at radius 3 is 2.95 bits per heavy atom. The first-order valence-corrected chi connectivity index (χ1v) is 7.17. The number of nitrogen functional groups attached to an aromatic ring is 1. The van der Waals surface area contributed by atoms with E-state index in [9.17, 15) is 4.39 Å². The number of para-hydroxylation sites is 1. The lowest BCUT2D eigenvalue weighted by Gasteiger charge is -2.28. The van der Waals surface area contributed by atoms with E-state index >= 15 is 0 Å². The molecule has 1 aliphatic heterocycles. The maximum absolute atomic E-state index is 13.4. The summed E-state index contributed by atoms with van der Waals surface area (Å²) in [5.41, 5.74) is 8.09. The quantitative estimate of drug-likeness (QED) is 0.811. The van der Waals surface area contributed by atoms with Crippen molar-refractivity contribution in [1.82, 2.24) is 0 Å². The molecule has 0 aromatic heterocycles. The van der Waals surface area contributed by atoms with Crippen LogP contribution >= 0.6 is 15.9 Å². The number of halogens is 2. The van der Waals surface area contributed by atoms with Gasteiger partial charge >= 0.3 is 0 Å². The zero-order valence-corrected chi connectivity index (χ0v) is 12.3. The number of rotatable bonds is 2. The van der Waals surface area contributed by atoms with Crippen molar-refractivity contribution in [3.63, 3.8) is 0 Å². The molecule has 0 spiro atoms. The first-order chi connectivity index (χ1) is 9.65. The molecule has 1 heterocycles. The third kappa shape index (κ3) is 2.45. The molecule has 2 aromatic carbocycles. The van der Waals surface area contributed by atoms with E-state index in [-0.39, 0.29) is 11.9 Å². The van der Waals surface area contributed by atoms with Crippen LogP contribution < -0.4 is 15.8 Å². The first-order valence-electron chi connectivity index (χ1n) is 6.38. The van der Waals surface area contributed by atoms with Gasteiger partial charge in [-0.3, -0.25) is 0 Å². The predicted molar refractivity (Wildman–Crippen MR) is 81.4 cm³/mol. The van der Waals surface area contributed by atoms with Gasteiger partial charge in [-0.2, -0.15) is 0 Å². The highest BCUT2D eigenvalue weighted by atomic mass is 79.9. The molecule has 3 N–H and O–H groups in total. The van der Waals surface area contributed by atoms with Crippen molar-refractivity contribution in [3.8, 4) is 5.75 Å². The topological polar surface area (TPSA) is 47.3 Å². The van der Waals surface area contributed by atoms with E-state index < -0.39 is 0 Å². The number of hydrogen-bond acceptors (Lipinski definition) is 3. The zero-order valence-electron chi connectivity index (χ0n) is 10.7. The van der Waals surface area contributed by atoms with Gasteiger partial charge in [0.1, 0.15) is 11.6 Å². The van der Waals surface area contributed by atoms with Crippen LogP contribution in [0.4, 0.5) is 15.8 Å². The molecule has 0 bridgehead atoms. The Labute approximate surface area is 125 Å². The first kappa shape index (κ1) is 13.2. The molecule has 1 aliphatic rings. The maximum atomic E-state index is 13.4. The van der Waals surface area contributed by atoms with Gasteiger partial charge < -0.3 is 15.8 Å². The van der Waals surface area contributed by atoms with Crippen LogP contribution in [0.5, 0.6) is 5.75 Å². The highest BCUT2D eigenvalue weighted by Gasteiger charge is 2.21. The van der Waals surface area contributed by atoms with Gasteiger partial charge in [0, 0.05) is 18.1 Å². The Kier molecular flexibility index (Phi) is 3.53. The Hall–Kier alpha value is -1.75. The second kappa shape index (κ2) is 5.32. The molecule has 1 atom stereocenters. The average molecular weight is 337 g/mol. The molecule has 0 aliphatic carbocycles. The largest absolute Gasteiger partial charge is 0.493 e. The van der Waals surface area contributed by atoms with E-state index in [0.717, 1.165) is 23.4 Å². The highest BCUT2D eigenvalue weighted by molar-refractivity contribution is 9.10. The molecule has 0 amide bonds. The Bertz CT molecular complexity index is 648. The summed E-state index contributed by atoms with van der Waals surface area (Å²) in [7, 11) is 0. The third-order valence-electron chi connectivity index (χ3n) is 3.38. The molecule has 0 saturated heterocycles. The lowest BCUT2D eigenvalue weighted by Crippen LogP contribution is -2.20. The third-order valence-corrected chi connectivity index (χ3v) is 3.99. The van der Waals surface area contributed by atoms with Crippen LogP contribution in [0.15, 0.2) is 40.9 Å². The van der Waals surface area contributed by atoms with Crippen molar-refractivity contribution in [1.29, 1.82) is 0 Å². The molecule has 104 valence electrons. The minimum absolute atomic E-state index is 0.111. The SMILES string of the molecule is Nc1cc(F)c(Br)cc1NC1CCOc2ccccc21. The lowest BCUT2D eigenvalue weighted by molar-refractivity contribution is 0.274. The van der Waals surface area contributed by atoms with Crippen LogP contribution in [0, 0.1) is 5.82 Å². The fraction of sp³-hybridized carbons (Fsp3) is 0.200. The molecule has 0 fully saturated rings. The summed E-state index contributed by atoms with van der Waals surface area (Å²) in [5.74, 6) is 0.524. The summed E-state index contributed by atoms with van der Waals surface area (Å²) in [6.45, 7) is 0.650. The van der Waals surface area contributed by atoms with Crippen LogP contribution in [0.25, 0.3) is 0 Å². The number of benzene rings is 2. The minimum atomic E-state index is -0.361. The van der Waals surface area contributed by atoms with Crippen molar-refractivity contribution in [2.75, 3.05) is 17.7 Å². The molecule has 3 rings (SSSR count). The molecule has 3 nitrogen and oxygen atoms in total. The number of nitrogens with two attached hydrogens (primary N) is 1. The summed E-state index contributed by atoms with van der Waals surface area (Å²) in [6, 6.07) is 11.0. The van der Waals surface area contributed by atoms with Crippen LogP contribution in [-0.2, 0) is 0 Å². The highest BCUT2D eigenvalue weighted by Crippen LogP contribution is 2.36. The smallest absolute Gasteiger partial charge is 0.139 e. The van der Waals surface area contributed by atoms with Crippen LogP contribution in [-0.4, -0.2) is 6.61 Å². The van der Waals surface area contributed by atoms with Gasteiger partial charge in [0.15, 0.2) is 0 Å². The minimum Gasteiger partial charge on any atom is -0.493 e. The van der Waals surface area contributed by atoms with Crippen molar-refractivity contribution < 1.29 is 9.13 Å². The molecule has 2 aromatic rings. The molecule has 5 heteroatoms. The molecule has 20 heavy (non-hydrogen) atoms.